The van der Waals surface area contributed by atoms with Crippen LogP contribution in [0.25, 0.3) is 0 Å². The van der Waals surface area contributed by atoms with Crippen molar-refractivity contribution in [2.24, 2.45) is 0 Å². The van der Waals surface area contributed by atoms with Crippen LogP contribution in [0.2, 0.25) is 10.3 Å². The van der Waals surface area contributed by atoms with Gasteiger partial charge in [0.05, 0.1) is 0 Å². The lowest BCUT2D eigenvalue weighted by molar-refractivity contribution is -0.140. The van der Waals surface area contributed by atoms with E-state index in [0.717, 1.165) is 6.07 Å². The van der Waals surface area contributed by atoms with Crippen LogP contribution in [-0.2, 0) is 6.18 Å². The number of rotatable bonds is 0. The first-order valence-corrected chi connectivity index (χ1v) is 4.06. The summed E-state index contributed by atoms with van der Waals surface area (Å²) in [5.41, 5.74) is -2.87. The summed E-state index contributed by atoms with van der Waals surface area (Å²) in [7, 11) is 0. The number of pyridine rings is 1. The molecule has 0 atom stereocenters. The van der Waals surface area contributed by atoms with Crippen molar-refractivity contribution in [3.8, 4) is 6.07 Å². The number of alkyl halides is 3. The second-order valence-electron chi connectivity index (χ2n) is 2.37. The SMILES string of the molecule is N#Cc1c(Cl)nc(Cl)c(F)c1C(F)(F)F. The smallest absolute Gasteiger partial charge is 0.220 e. The third-order valence-electron chi connectivity index (χ3n) is 1.45. The van der Waals surface area contributed by atoms with Crippen molar-refractivity contribution in [3.05, 3.63) is 27.3 Å². The standard InChI is InChI=1S/C7Cl2F4N2/c8-5-2(1-14)3(7(11,12)13)4(10)6(9)15-5. The highest BCUT2D eigenvalue weighted by molar-refractivity contribution is 6.33. The van der Waals surface area contributed by atoms with E-state index in [2.05, 4.69) is 4.98 Å². The van der Waals surface area contributed by atoms with E-state index < -0.39 is 33.4 Å². The van der Waals surface area contributed by atoms with Crippen LogP contribution >= 0.6 is 23.2 Å². The minimum atomic E-state index is -5.05. The molecule has 1 aromatic heterocycles. The van der Waals surface area contributed by atoms with Crippen molar-refractivity contribution in [2.75, 3.05) is 0 Å². The molecule has 1 rings (SSSR count). The van der Waals surface area contributed by atoms with Crippen molar-refractivity contribution in [2.45, 2.75) is 6.18 Å². The number of aromatic nitrogens is 1. The van der Waals surface area contributed by atoms with Gasteiger partial charge in [0.1, 0.15) is 22.3 Å². The van der Waals surface area contributed by atoms with E-state index >= 15 is 0 Å². The molecule has 0 N–H and O–H groups in total. The van der Waals surface area contributed by atoms with E-state index in [4.69, 9.17) is 28.5 Å². The van der Waals surface area contributed by atoms with Crippen LogP contribution in [0, 0.1) is 17.1 Å². The van der Waals surface area contributed by atoms with Gasteiger partial charge in [0.25, 0.3) is 0 Å². The van der Waals surface area contributed by atoms with Crippen molar-refractivity contribution < 1.29 is 17.6 Å². The average Bonchev–Trinajstić information content (AvgIpc) is 2.08. The fourth-order valence-corrected chi connectivity index (χ4v) is 1.32. The maximum Gasteiger partial charge on any atom is 0.420 e. The van der Waals surface area contributed by atoms with E-state index in [-0.39, 0.29) is 0 Å². The molecule has 8 heteroatoms. The van der Waals surface area contributed by atoms with E-state index in [1.807, 2.05) is 0 Å². The second kappa shape index (κ2) is 3.83. The highest BCUT2D eigenvalue weighted by atomic mass is 35.5. The topological polar surface area (TPSA) is 36.7 Å². The number of hydrogen-bond donors (Lipinski definition) is 0. The zero-order chi connectivity index (χ0) is 11.8. The fourth-order valence-electron chi connectivity index (χ4n) is 0.875. The van der Waals surface area contributed by atoms with Gasteiger partial charge in [-0.1, -0.05) is 23.2 Å². The molecule has 0 aliphatic carbocycles. The molecule has 0 aliphatic rings. The summed E-state index contributed by atoms with van der Waals surface area (Å²) < 4.78 is 50.0. The van der Waals surface area contributed by atoms with Crippen LogP contribution in [0.1, 0.15) is 11.1 Å². The van der Waals surface area contributed by atoms with Gasteiger partial charge in [0.2, 0.25) is 0 Å². The summed E-state index contributed by atoms with van der Waals surface area (Å²) in [6.07, 6.45) is -5.05. The molecule has 0 radical (unpaired) electrons. The summed E-state index contributed by atoms with van der Waals surface area (Å²) in [6, 6.07) is 1.13. The van der Waals surface area contributed by atoms with Gasteiger partial charge in [-0.2, -0.15) is 18.4 Å². The van der Waals surface area contributed by atoms with Crippen molar-refractivity contribution in [1.82, 2.24) is 4.98 Å². The molecule has 0 fully saturated rings. The Hall–Kier alpha value is -1.06. The predicted octanol–water partition coefficient (Wildman–Crippen LogP) is 3.42. The van der Waals surface area contributed by atoms with E-state index in [1.165, 1.54) is 0 Å². The molecule has 0 aromatic carbocycles. The van der Waals surface area contributed by atoms with Gasteiger partial charge < -0.3 is 0 Å². The molecule has 2 nitrogen and oxygen atoms in total. The highest BCUT2D eigenvalue weighted by Gasteiger charge is 2.40. The first kappa shape index (κ1) is 12.0. The maximum absolute atomic E-state index is 13.0. The first-order chi connectivity index (χ1) is 6.79. The van der Waals surface area contributed by atoms with Crippen LogP contribution in [0.5, 0.6) is 0 Å². The molecule has 0 unspecified atom stereocenters. The summed E-state index contributed by atoms with van der Waals surface area (Å²) >= 11 is 10.3. The molecule has 1 aromatic rings. The number of nitrogens with zero attached hydrogens (tertiary/aromatic N) is 2. The van der Waals surface area contributed by atoms with Gasteiger partial charge in [-0.05, 0) is 0 Å². The zero-order valence-corrected chi connectivity index (χ0v) is 8.17. The predicted molar refractivity (Wildman–Crippen MR) is 43.9 cm³/mol. The molecule has 0 saturated heterocycles. The summed E-state index contributed by atoms with van der Waals surface area (Å²) in [4.78, 5) is 3.05. The lowest BCUT2D eigenvalue weighted by atomic mass is 10.1. The van der Waals surface area contributed by atoms with E-state index in [9.17, 15) is 17.6 Å². The molecule has 0 saturated carbocycles. The molecule has 0 aliphatic heterocycles. The Bertz CT molecular complexity index is 450. The van der Waals surface area contributed by atoms with Crippen LogP contribution in [0.15, 0.2) is 0 Å². The first-order valence-electron chi connectivity index (χ1n) is 3.30. The Kier molecular flexibility index (Phi) is 3.07. The Morgan fingerprint density at radius 1 is 1.20 bits per heavy atom. The number of hydrogen-bond acceptors (Lipinski definition) is 2. The minimum absolute atomic E-state index is 0.781. The van der Waals surface area contributed by atoms with Gasteiger partial charge in [-0.25, -0.2) is 9.37 Å². The van der Waals surface area contributed by atoms with Crippen molar-refractivity contribution in [3.63, 3.8) is 0 Å². The monoisotopic (exact) mass is 258 g/mol. The highest BCUT2D eigenvalue weighted by Crippen LogP contribution is 2.37. The summed E-state index contributed by atoms with van der Waals surface area (Å²) in [5.74, 6) is -1.80. The van der Waals surface area contributed by atoms with Crippen LogP contribution in [0.4, 0.5) is 17.6 Å². The Labute approximate surface area is 91.0 Å². The van der Waals surface area contributed by atoms with Crippen LogP contribution in [-0.4, -0.2) is 4.98 Å². The molecule has 0 spiro atoms. The third kappa shape index (κ3) is 2.13. The molecule has 0 amide bonds. The number of halogens is 6. The normalized spacial score (nSPS) is 11.3. The van der Waals surface area contributed by atoms with Crippen molar-refractivity contribution in [1.29, 1.82) is 5.26 Å². The summed E-state index contributed by atoms with van der Waals surface area (Å²) in [5, 5.41) is 6.59. The fraction of sp³-hybridized carbons (Fsp3) is 0.143. The number of nitriles is 1. The van der Waals surface area contributed by atoms with Gasteiger partial charge in [0.15, 0.2) is 11.0 Å². The van der Waals surface area contributed by atoms with Gasteiger partial charge >= 0.3 is 6.18 Å². The van der Waals surface area contributed by atoms with Crippen LogP contribution in [0.3, 0.4) is 0 Å². The van der Waals surface area contributed by atoms with Gasteiger partial charge in [-0.15, -0.1) is 0 Å². The van der Waals surface area contributed by atoms with Gasteiger partial charge in [-0.3, -0.25) is 0 Å². The third-order valence-corrected chi connectivity index (χ3v) is 1.97. The Morgan fingerprint density at radius 3 is 2.13 bits per heavy atom. The molecule has 0 bridgehead atoms. The quantitative estimate of drug-likeness (QED) is 0.528. The maximum atomic E-state index is 13.0. The second-order valence-corrected chi connectivity index (χ2v) is 3.08. The Balaban J connectivity index is 3.68. The average molecular weight is 259 g/mol. The zero-order valence-electron chi connectivity index (χ0n) is 6.66. The molecular formula is C7Cl2F4N2. The molecule has 80 valence electrons. The molecule has 1 heterocycles. The Morgan fingerprint density at radius 2 is 1.73 bits per heavy atom. The van der Waals surface area contributed by atoms with Crippen molar-refractivity contribution >= 4 is 23.2 Å². The van der Waals surface area contributed by atoms with Gasteiger partial charge in [0, 0.05) is 0 Å². The molecular weight excluding hydrogens is 259 g/mol. The van der Waals surface area contributed by atoms with E-state index in [1.54, 1.807) is 0 Å². The summed E-state index contributed by atoms with van der Waals surface area (Å²) in [6.45, 7) is 0. The van der Waals surface area contributed by atoms with Crippen LogP contribution < -0.4 is 0 Å². The lowest BCUT2D eigenvalue weighted by Crippen LogP contribution is -2.13. The lowest BCUT2D eigenvalue weighted by Gasteiger charge is -2.10. The molecule has 15 heavy (non-hydrogen) atoms. The largest absolute Gasteiger partial charge is 0.420 e. The minimum Gasteiger partial charge on any atom is -0.220 e. The van der Waals surface area contributed by atoms with E-state index in [0.29, 0.717) is 0 Å².